The van der Waals surface area contributed by atoms with Crippen LogP contribution in [-0.4, -0.2) is 250 Å². The summed E-state index contributed by atoms with van der Waals surface area (Å²) in [5.74, 6) is -7.20. The van der Waals surface area contributed by atoms with Crippen molar-refractivity contribution in [3.05, 3.63) is 105 Å². The zero-order chi connectivity index (χ0) is 113. The second-order valence-corrected chi connectivity index (χ2v) is 26.5. The summed E-state index contributed by atoms with van der Waals surface area (Å²) in [6.07, 6.45) is -53.9. The zero-order valence-electron chi connectivity index (χ0n) is 97.9. The van der Waals surface area contributed by atoms with E-state index in [-0.39, 0.29) is 74.8 Å². The van der Waals surface area contributed by atoms with Gasteiger partial charge in [-0.15, -0.1) is 15.3 Å². The minimum Gasteiger partial charge on any atom is -0.394 e. The molecule has 0 bridgehead atoms. The van der Waals surface area contributed by atoms with Gasteiger partial charge in [0.15, 0.2) is 66.4 Å². The lowest BCUT2D eigenvalue weighted by atomic mass is 10.1. The minimum absolute atomic E-state index is 0.102. The van der Waals surface area contributed by atoms with Crippen molar-refractivity contribution < 1.29 is 130 Å². The van der Waals surface area contributed by atoms with Gasteiger partial charge in [-0.05, 0) is 111 Å². The first-order valence-electron chi connectivity index (χ1n) is 52.9. The number of nitrogens with one attached hydrogen (secondary N) is 3. The first-order chi connectivity index (χ1) is 67.6. The van der Waals surface area contributed by atoms with E-state index >= 15 is 0 Å². The molecule has 18 atom stereocenters. The van der Waals surface area contributed by atoms with Gasteiger partial charge in [-0.2, -0.15) is 0 Å². The number of hydrogen-bond donors (Lipinski definition) is 12. The first-order valence-corrected chi connectivity index (χ1v) is 35.4. The highest BCUT2D eigenvalue weighted by atomic mass is 32.2. The van der Waals surface area contributed by atoms with Gasteiger partial charge in [-0.1, -0.05) is 108 Å². The van der Waals surface area contributed by atoms with Crippen molar-refractivity contribution in [3.63, 3.8) is 0 Å². The molecule has 0 amide bonds. The number of ether oxygens (including phenoxy) is 3. The number of anilines is 3. The summed E-state index contributed by atoms with van der Waals surface area (Å²) in [5.41, 5.74) is -5.21. The molecule has 0 aliphatic heterocycles. The van der Waals surface area contributed by atoms with Gasteiger partial charge in [-0.25, -0.2) is 57.1 Å². The average Bonchev–Trinajstić information content (AvgIpc) is 1.48. The largest absolute Gasteiger partial charge is 0.394 e. The molecule has 0 saturated heterocycles. The Morgan fingerprint density at radius 3 is 1.10 bits per heavy atom. The Bertz CT molecular complexity index is 6750. The summed E-state index contributed by atoms with van der Waals surface area (Å²) >= 11 is 3.02. The highest BCUT2D eigenvalue weighted by molar-refractivity contribution is 7.99. The lowest BCUT2D eigenvalue weighted by Crippen LogP contribution is -2.33. The van der Waals surface area contributed by atoms with Crippen LogP contribution in [0.1, 0.15) is 204 Å². The summed E-state index contributed by atoms with van der Waals surface area (Å²) in [6.45, 7) is -8.57. The van der Waals surface area contributed by atoms with Crippen LogP contribution in [0.25, 0.3) is 33.5 Å². The molecule has 36 heteroatoms. The maximum atomic E-state index is 14.8. The van der Waals surface area contributed by atoms with Crippen LogP contribution in [0.4, 0.5) is 30.6 Å². The van der Waals surface area contributed by atoms with Gasteiger partial charge < -0.3 is 76.1 Å². The molecule has 6 saturated carbocycles. The number of nitrogens with zero attached hydrogens (tertiary/aromatic N) is 15. The molecule has 0 spiro atoms. The molecule has 3 aromatic carbocycles. The second kappa shape index (κ2) is 35.1. The number of thioether (sulfide) groups is 3. The van der Waals surface area contributed by atoms with E-state index in [2.05, 4.69) is 81.5 Å². The van der Waals surface area contributed by atoms with Gasteiger partial charge in [0.25, 0.3) is 0 Å². The summed E-state index contributed by atoms with van der Waals surface area (Å²) in [6, 6.07) is -21.0. The van der Waals surface area contributed by atoms with Crippen molar-refractivity contribution >= 4 is 86.2 Å². The van der Waals surface area contributed by atoms with E-state index in [1.807, 2.05) is 13.8 Å². The molecule has 15 rings (SSSR count). The number of rotatable bonds is 30. The lowest BCUT2D eigenvalue weighted by molar-refractivity contribution is -0.0629. The lowest BCUT2D eigenvalue weighted by Gasteiger charge is -2.17. The van der Waals surface area contributed by atoms with Crippen molar-refractivity contribution in [1.29, 1.82) is 0 Å². The van der Waals surface area contributed by atoms with Gasteiger partial charge >= 0.3 is 0 Å². The van der Waals surface area contributed by atoms with Crippen molar-refractivity contribution in [2.45, 2.75) is 223 Å². The zero-order valence-corrected chi connectivity index (χ0v) is 59.4. The van der Waals surface area contributed by atoms with Crippen LogP contribution in [0, 0.1) is 38.2 Å². The predicted molar refractivity (Wildman–Crippen MR) is 398 cm³/mol. The van der Waals surface area contributed by atoms with E-state index in [1.54, 1.807) is 6.92 Å². The average molecular weight is 1600 g/mol. The number of benzene rings is 3. The first kappa shape index (κ1) is 42.5. The van der Waals surface area contributed by atoms with E-state index in [4.69, 9.17) is 65.7 Å². The van der Waals surface area contributed by atoms with Crippen LogP contribution in [-0.2, 0) is 14.2 Å². The fourth-order valence-corrected chi connectivity index (χ4v) is 12.1. The number of aromatic nitrogens is 15. The van der Waals surface area contributed by atoms with Crippen LogP contribution in [0.5, 0.6) is 0 Å². The topological polar surface area (TPSA) is 415 Å². The second-order valence-electron chi connectivity index (χ2n) is 23.3. The molecule has 6 fully saturated rings. The van der Waals surface area contributed by atoms with E-state index in [0.29, 0.717) is 36.5 Å². The summed E-state index contributed by atoms with van der Waals surface area (Å²) < 4.78 is 400. The quantitative estimate of drug-likeness (QED) is 0.0168. The monoisotopic (exact) mass is 1600 g/mol. The summed E-state index contributed by atoms with van der Waals surface area (Å²) in [4.78, 5) is 25.6. The van der Waals surface area contributed by atoms with Gasteiger partial charge in [0, 0.05) is 88.7 Å². The number of hydrogen-bond acceptors (Lipinski definition) is 30. The Labute approximate surface area is 690 Å². The third-order valence-corrected chi connectivity index (χ3v) is 18.8. The molecular weight excluding hydrogens is 1460 g/mol. The van der Waals surface area contributed by atoms with Crippen LogP contribution < -0.4 is 16.0 Å². The SMILES string of the molecule is [2H]c1c([2H])c([C@H]2[C@H](Nc3nc(SCCC)nc4c3nnn4[C@]3([2H])C([2H])([2H])[C@]([2H])(OC([2H])([2H])C([2H])([2H])O)[C@@]([2H])(O)[C@@]3([2H])O)C2([2H])[2H])c([2H])c(F)c1C.[2H]c1c([2H])c([C@H]2[C@H](Nc3nc(SCCC)nc4c3nnn4[C@]3([2H])C([2H])([2H])[C@]([2H])(OC([2H])([2H])CO)[C@@]([2H])(O)[C@@]3([2H])O)C2([2H])[2H])c([2H])c(F)c1C.[2H]c1c([2H])c([C@H]2[C@H](Nc3nc(SCCC)nc4c3nnn4[C@]3([2H])C([2H])([2H])[C@]([2H])(OCC([2H])([2H])O)[C@@]([2H])(O)[C@@]3([2H])O)C2([2H])[2H])c([2H])c(F)c1C. The van der Waals surface area contributed by atoms with E-state index in [9.17, 15) is 59.1 Å². The molecule has 9 aromatic rings. The van der Waals surface area contributed by atoms with Crippen LogP contribution in [0.15, 0.2) is 69.9 Å². The molecule has 6 aliphatic carbocycles. The standard InChI is InChI=1S/3C24H31FN6O4S/c3*1-3-8-36-24-27-22(26-16-10-14(16)13-5-4-12(2)15(25)9-13)19-23(28-24)31(30-29-19)17-11-18(35-7-6-32)21(34)20(17)33/h3*4-5,9,14,16-18,20-21,32-34H,3,6-8,10-11H2,1-2H3,(H,26,27,28)/t3*14-,16+,17+,18-,20-,21+/m000/s1/i4D,5D,6D2,7D2,9D,10D2,11D2,17D,18D,20D,21D;4D,5D,7D2,9D,10D2,11D2,17D,18D,20D,21D;4D,5D,6D2,9D,10D2,11D2,17D,18D,20D,21D. The van der Waals surface area contributed by atoms with Crippen molar-refractivity contribution in [2.24, 2.45) is 0 Å². The van der Waals surface area contributed by atoms with E-state index in [1.165, 1.54) is 20.8 Å². The van der Waals surface area contributed by atoms with Crippen molar-refractivity contribution in [2.75, 3.05) is 72.7 Å². The smallest absolute Gasteiger partial charge is 0.191 e. The Balaban J connectivity index is 0.000000186. The summed E-state index contributed by atoms with van der Waals surface area (Å²) in [5, 5.41) is 126. The number of fused-ring (bicyclic) bond motifs is 3. The molecule has 108 heavy (non-hydrogen) atoms. The number of aliphatic hydroxyl groups excluding tert-OH is 1. The number of aliphatic hydroxyl groups is 9. The molecule has 0 radical (unpaired) electrons. The Kier molecular flexibility index (Phi) is 13.8. The number of halogens is 3. The third-order valence-electron chi connectivity index (χ3n) is 15.6. The van der Waals surface area contributed by atoms with Gasteiger partial charge in [0.1, 0.15) is 53.9 Å². The molecular formula is C72H93F3N18O12S3. The highest BCUT2D eigenvalue weighted by Crippen LogP contribution is 2.48. The fourth-order valence-electron chi connectivity index (χ4n) is 10.1. The normalized spacial score (nSPS) is 44.6. The van der Waals surface area contributed by atoms with Crippen molar-refractivity contribution in [3.8, 4) is 0 Å². The molecule has 0 unspecified atom stereocenters. The Hall–Kier alpha value is -7.14. The highest BCUT2D eigenvalue weighted by Gasteiger charge is 2.49. The van der Waals surface area contributed by atoms with Gasteiger partial charge in [0.05, 0.1) is 115 Å². The Morgan fingerprint density at radius 2 is 0.796 bits per heavy atom. The van der Waals surface area contributed by atoms with Gasteiger partial charge in [0.2, 0.25) is 0 Å². The minimum atomic E-state index is -4.34. The molecule has 582 valence electrons. The van der Waals surface area contributed by atoms with E-state index in [0.717, 1.165) is 35.3 Å². The molecule has 6 aliphatic rings. The van der Waals surface area contributed by atoms with Gasteiger partial charge in [-0.3, -0.25) is 0 Å². The molecule has 30 nitrogen and oxygen atoms in total. The molecule has 6 aromatic heterocycles. The fraction of sp³-hybridized carbons (Fsp3) is 0.583. The van der Waals surface area contributed by atoms with Crippen LogP contribution in [0.3, 0.4) is 0 Å². The Morgan fingerprint density at radius 1 is 0.472 bits per heavy atom. The molecule has 12 N–H and O–H groups in total. The summed E-state index contributed by atoms with van der Waals surface area (Å²) in [7, 11) is 0. The maximum absolute atomic E-state index is 14.8. The third kappa shape index (κ3) is 17.5. The predicted octanol–water partition coefficient (Wildman–Crippen LogP) is 6.55. The molecule has 6 heterocycles. The van der Waals surface area contributed by atoms with E-state index < -0.39 is 297 Å². The van der Waals surface area contributed by atoms with Crippen LogP contribution >= 0.6 is 35.3 Å². The maximum Gasteiger partial charge on any atom is 0.191 e. The van der Waals surface area contributed by atoms with Crippen LogP contribution in [0.2, 0.25) is 0 Å². The van der Waals surface area contributed by atoms with Crippen molar-refractivity contribution in [1.82, 2.24) is 74.9 Å².